The van der Waals surface area contributed by atoms with Crippen LogP contribution in [-0.2, 0) is 4.79 Å². The van der Waals surface area contributed by atoms with E-state index in [9.17, 15) is 19.5 Å². The average molecular weight is 455 g/mol. The van der Waals surface area contributed by atoms with Crippen molar-refractivity contribution < 1.29 is 14.7 Å². The maximum absolute atomic E-state index is 12.8. The largest absolute Gasteiger partial charge is 0.391 e. The molecule has 1 aliphatic heterocycles. The lowest BCUT2D eigenvalue weighted by Crippen LogP contribution is -2.45. The maximum atomic E-state index is 12.8. The van der Waals surface area contributed by atoms with Gasteiger partial charge in [0.15, 0.2) is 0 Å². The van der Waals surface area contributed by atoms with Gasteiger partial charge in [0, 0.05) is 36.7 Å². The molecular weight excluding hydrogens is 436 g/mol. The van der Waals surface area contributed by atoms with Gasteiger partial charge in [0.2, 0.25) is 5.91 Å². The van der Waals surface area contributed by atoms with Gasteiger partial charge in [-0.05, 0) is 36.4 Å². The fraction of sp³-hybridized carbons (Fsp3) is 0.190. The van der Waals surface area contributed by atoms with Crippen LogP contribution in [0.3, 0.4) is 0 Å². The number of pyridine rings is 1. The van der Waals surface area contributed by atoms with Crippen LogP contribution in [0.4, 0.5) is 16.2 Å². The second-order valence-electron chi connectivity index (χ2n) is 7.18. The van der Waals surface area contributed by atoms with E-state index in [4.69, 9.17) is 11.6 Å². The van der Waals surface area contributed by atoms with Crippen molar-refractivity contribution in [3.05, 3.63) is 76.7 Å². The van der Waals surface area contributed by atoms with E-state index in [1.165, 1.54) is 34.1 Å². The number of hydrogen-bond acceptors (Lipinski definition) is 6. The summed E-state index contributed by atoms with van der Waals surface area (Å²) >= 11 is 5.75. The van der Waals surface area contributed by atoms with Crippen molar-refractivity contribution in [2.24, 2.45) is 0 Å². The van der Waals surface area contributed by atoms with Crippen LogP contribution >= 0.6 is 11.6 Å². The number of amides is 3. The lowest BCUT2D eigenvalue weighted by molar-refractivity contribution is -0.119. The molecule has 0 bridgehead atoms. The number of anilines is 2. The Kier molecular flexibility index (Phi) is 6.15. The van der Waals surface area contributed by atoms with Crippen LogP contribution in [0.25, 0.3) is 5.69 Å². The second kappa shape index (κ2) is 9.16. The summed E-state index contributed by atoms with van der Waals surface area (Å²) in [4.78, 5) is 46.3. The molecule has 0 spiro atoms. The van der Waals surface area contributed by atoms with Crippen LogP contribution < -0.4 is 16.2 Å². The molecule has 0 radical (unpaired) electrons. The van der Waals surface area contributed by atoms with Crippen molar-refractivity contribution in [1.29, 1.82) is 0 Å². The fourth-order valence-electron chi connectivity index (χ4n) is 3.42. The predicted octanol–water partition coefficient (Wildman–Crippen LogP) is 1.89. The van der Waals surface area contributed by atoms with E-state index in [2.05, 4.69) is 20.6 Å². The molecule has 11 heteroatoms. The number of hydrogen-bond donors (Lipinski definition) is 3. The second-order valence-corrected chi connectivity index (χ2v) is 7.57. The lowest BCUT2D eigenvalue weighted by atomic mass is 10.1. The van der Waals surface area contributed by atoms with E-state index in [0.29, 0.717) is 17.1 Å². The SMILES string of the molecule is O=C(Nc1ccc(-n2ccncc2=O)cc1)C1CC(O)CN1C(=O)Nc1ccc(Cl)nc1. The first-order valence-corrected chi connectivity index (χ1v) is 10.1. The molecule has 2 unspecified atom stereocenters. The van der Waals surface area contributed by atoms with Gasteiger partial charge in [-0.2, -0.15) is 0 Å². The number of carbonyl (C=O) groups is 2. The van der Waals surface area contributed by atoms with E-state index in [-0.39, 0.29) is 23.7 Å². The third-order valence-corrected chi connectivity index (χ3v) is 5.18. The standard InChI is InChI=1S/C21H19ClN6O4/c22-18-6-3-14(10-24-18)26-21(32)28-12-16(29)9-17(28)20(31)25-13-1-4-15(5-2-13)27-8-7-23-11-19(27)30/h1-8,10-11,16-17,29H,9,12H2,(H,25,31)(H,26,32). The Bertz CT molecular complexity index is 1180. The summed E-state index contributed by atoms with van der Waals surface area (Å²) in [6.45, 7) is 0.0227. The molecule has 164 valence electrons. The number of aliphatic hydroxyl groups excluding tert-OH is 1. The summed E-state index contributed by atoms with van der Waals surface area (Å²) in [5.41, 5.74) is 1.25. The molecular formula is C21H19ClN6O4. The van der Waals surface area contributed by atoms with Crippen molar-refractivity contribution in [3.63, 3.8) is 0 Å². The highest BCUT2D eigenvalue weighted by molar-refractivity contribution is 6.29. The van der Waals surface area contributed by atoms with Crippen LogP contribution in [0.2, 0.25) is 5.15 Å². The minimum absolute atomic E-state index is 0.0227. The normalized spacial score (nSPS) is 17.8. The van der Waals surface area contributed by atoms with Gasteiger partial charge in [0.05, 0.1) is 24.2 Å². The van der Waals surface area contributed by atoms with Crippen LogP contribution in [0.5, 0.6) is 0 Å². The molecule has 1 aromatic carbocycles. The monoisotopic (exact) mass is 454 g/mol. The summed E-state index contributed by atoms with van der Waals surface area (Å²) < 4.78 is 1.42. The topological polar surface area (TPSA) is 129 Å². The van der Waals surface area contributed by atoms with E-state index in [0.717, 1.165) is 0 Å². The lowest BCUT2D eigenvalue weighted by Gasteiger charge is -2.24. The molecule has 0 aliphatic carbocycles. The first-order valence-electron chi connectivity index (χ1n) is 9.72. The summed E-state index contributed by atoms with van der Waals surface area (Å²) in [6.07, 6.45) is 4.95. The Morgan fingerprint density at radius 3 is 2.50 bits per heavy atom. The first-order chi connectivity index (χ1) is 15.4. The molecule has 2 atom stereocenters. The molecule has 1 aliphatic rings. The Balaban J connectivity index is 1.44. The Morgan fingerprint density at radius 1 is 1.06 bits per heavy atom. The number of halogens is 1. The maximum Gasteiger partial charge on any atom is 0.322 e. The smallest absolute Gasteiger partial charge is 0.322 e. The summed E-state index contributed by atoms with van der Waals surface area (Å²) in [6, 6.07) is 8.39. The highest BCUT2D eigenvalue weighted by atomic mass is 35.5. The molecule has 4 rings (SSSR count). The van der Waals surface area contributed by atoms with Crippen molar-refractivity contribution >= 4 is 34.9 Å². The van der Waals surface area contributed by atoms with Crippen molar-refractivity contribution in [2.45, 2.75) is 18.6 Å². The summed E-state index contributed by atoms with van der Waals surface area (Å²) in [5.74, 6) is -0.431. The molecule has 3 aromatic rings. The van der Waals surface area contributed by atoms with Gasteiger partial charge in [-0.3, -0.25) is 19.1 Å². The molecule has 2 aromatic heterocycles. The van der Waals surface area contributed by atoms with Crippen molar-refractivity contribution in [2.75, 3.05) is 17.2 Å². The molecule has 1 fully saturated rings. The number of likely N-dealkylation sites (tertiary alicyclic amines) is 1. The number of carbonyl (C=O) groups excluding carboxylic acids is 2. The molecule has 10 nitrogen and oxygen atoms in total. The van der Waals surface area contributed by atoms with Gasteiger partial charge < -0.3 is 20.6 Å². The zero-order valence-corrected chi connectivity index (χ0v) is 17.4. The third kappa shape index (κ3) is 4.76. The highest BCUT2D eigenvalue weighted by Crippen LogP contribution is 2.22. The number of benzene rings is 1. The fourth-order valence-corrected chi connectivity index (χ4v) is 3.54. The minimum atomic E-state index is -0.854. The molecule has 32 heavy (non-hydrogen) atoms. The van der Waals surface area contributed by atoms with Gasteiger partial charge in [-0.25, -0.2) is 9.78 Å². The molecule has 3 N–H and O–H groups in total. The first kappa shape index (κ1) is 21.5. The van der Waals surface area contributed by atoms with E-state index in [1.807, 2.05) is 0 Å². The molecule has 1 saturated heterocycles. The zero-order chi connectivity index (χ0) is 22.7. The number of aliphatic hydroxyl groups is 1. The van der Waals surface area contributed by atoms with Crippen molar-refractivity contribution in [3.8, 4) is 5.69 Å². The molecule has 0 saturated carbocycles. The van der Waals surface area contributed by atoms with Crippen LogP contribution in [-0.4, -0.2) is 55.2 Å². The number of nitrogens with zero attached hydrogens (tertiary/aromatic N) is 4. The Hall–Kier alpha value is -3.76. The van der Waals surface area contributed by atoms with Crippen LogP contribution in [0.15, 0.2) is 66.0 Å². The van der Waals surface area contributed by atoms with Gasteiger partial charge in [-0.1, -0.05) is 11.6 Å². The average Bonchev–Trinajstić information content (AvgIpc) is 3.18. The van der Waals surface area contributed by atoms with E-state index < -0.39 is 24.1 Å². The number of β-amino-alcohol motifs (C(OH)–C–C–N with tert-alkyl or cyclic N) is 1. The van der Waals surface area contributed by atoms with Crippen LogP contribution in [0, 0.1) is 0 Å². The summed E-state index contributed by atoms with van der Waals surface area (Å²) in [5, 5.41) is 15.7. The quantitative estimate of drug-likeness (QED) is 0.516. The third-order valence-electron chi connectivity index (χ3n) is 4.96. The minimum Gasteiger partial charge on any atom is -0.391 e. The number of rotatable bonds is 4. The predicted molar refractivity (Wildman–Crippen MR) is 118 cm³/mol. The van der Waals surface area contributed by atoms with Gasteiger partial charge in [0.25, 0.3) is 5.56 Å². The van der Waals surface area contributed by atoms with E-state index in [1.54, 1.807) is 36.5 Å². The Morgan fingerprint density at radius 2 is 1.81 bits per heavy atom. The number of urea groups is 1. The van der Waals surface area contributed by atoms with Gasteiger partial charge in [0.1, 0.15) is 11.2 Å². The van der Waals surface area contributed by atoms with Gasteiger partial charge >= 0.3 is 6.03 Å². The highest BCUT2D eigenvalue weighted by Gasteiger charge is 2.39. The number of nitrogens with one attached hydrogen (secondary N) is 2. The zero-order valence-electron chi connectivity index (χ0n) is 16.7. The number of aromatic nitrogens is 3. The molecule has 3 heterocycles. The van der Waals surface area contributed by atoms with E-state index >= 15 is 0 Å². The van der Waals surface area contributed by atoms with Gasteiger partial charge in [-0.15, -0.1) is 0 Å². The summed E-state index contributed by atoms with van der Waals surface area (Å²) in [7, 11) is 0. The Labute approximate surface area is 187 Å². The van der Waals surface area contributed by atoms with Crippen LogP contribution in [0.1, 0.15) is 6.42 Å². The van der Waals surface area contributed by atoms with Crippen molar-refractivity contribution in [1.82, 2.24) is 19.4 Å². The molecule has 3 amide bonds.